The van der Waals surface area contributed by atoms with E-state index < -0.39 is 24.7 Å². The smallest absolute Gasteiger partial charge is 0.399 e. The second-order valence-electron chi connectivity index (χ2n) is 5.76. The molecule has 0 N–H and O–H groups in total. The van der Waals surface area contributed by atoms with E-state index in [9.17, 15) is 8.78 Å². The Kier molecular flexibility index (Phi) is 3.66. The number of nitrogens with zero attached hydrogens (tertiary/aromatic N) is 1. The van der Waals surface area contributed by atoms with Crippen LogP contribution in [0, 0.1) is 0 Å². The normalized spacial score (nSPS) is 21.1. The molecule has 1 aliphatic heterocycles. The Morgan fingerprint density at radius 1 is 1.21 bits per heavy atom. The highest BCUT2D eigenvalue weighted by Crippen LogP contribution is 2.36. The molecule has 0 unspecified atom stereocenters. The fourth-order valence-corrected chi connectivity index (χ4v) is 1.89. The molecule has 1 aliphatic rings. The van der Waals surface area contributed by atoms with Crippen molar-refractivity contribution in [3.8, 4) is 0 Å². The second-order valence-corrected chi connectivity index (χ2v) is 5.76. The first-order valence-electron chi connectivity index (χ1n) is 6.30. The Morgan fingerprint density at radius 2 is 1.79 bits per heavy atom. The molecule has 1 aromatic rings. The number of rotatable bonds is 3. The number of alkyl halides is 2. The van der Waals surface area contributed by atoms with Gasteiger partial charge in [0.05, 0.1) is 17.6 Å². The Bertz CT molecular complexity index is 450. The molecule has 2 heterocycles. The molecule has 2 rings (SSSR count). The molecule has 0 amide bonds. The average Bonchev–Trinajstić information content (AvgIpc) is 2.47. The van der Waals surface area contributed by atoms with Gasteiger partial charge in [0.1, 0.15) is 0 Å². The third-order valence-corrected chi connectivity index (χ3v) is 3.73. The van der Waals surface area contributed by atoms with Gasteiger partial charge in [-0.1, -0.05) is 0 Å². The predicted molar refractivity (Wildman–Crippen MR) is 69.7 cm³/mol. The second kappa shape index (κ2) is 4.83. The third-order valence-electron chi connectivity index (χ3n) is 3.73. The summed E-state index contributed by atoms with van der Waals surface area (Å²) in [6.07, 6.45) is -1.24. The zero-order chi connectivity index (χ0) is 14.3. The first-order chi connectivity index (χ1) is 8.71. The largest absolute Gasteiger partial charge is 0.494 e. The monoisotopic (exact) mass is 269 g/mol. The molecule has 0 spiro atoms. The summed E-state index contributed by atoms with van der Waals surface area (Å²) >= 11 is 0. The van der Waals surface area contributed by atoms with E-state index in [4.69, 9.17) is 9.31 Å². The van der Waals surface area contributed by atoms with Crippen molar-refractivity contribution < 1.29 is 18.1 Å². The Balaban J connectivity index is 2.20. The van der Waals surface area contributed by atoms with E-state index >= 15 is 0 Å². The molecule has 6 heteroatoms. The SMILES string of the molecule is CC1(C)OB(c2ccnc(CC(F)F)c2)OC1(C)C. The number of aromatic nitrogens is 1. The molecule has 0 aromatic carbocycles. The Labute approximate surface area is 112 Å². The van der Waals surface area contributed by atoms with E-state index in [0.717, 1.165) is 5.46 Å². The first kappa shape index (κ1) is 14.4. The maximum Gasteiger partial charge on any atom is 0.494 e. The summed E-state index contributed by atoms with van der Waals surface area (Å²) in [6, 6.07) is 3.35. The molecule has 19 heavy (non-hydrogen) atoms. The fourth-order valence-electron chi connectivity index (χ4n) is 1.89. The summed E-state index contributed by atoms with van der Waals surface area (Å²) in [6.45, 7) is 7.81. The van der Waals surface area contributed by atoms with Crippen molar-refractivity contribution in [3.05, 3.63) is 24.0 Å². The molecular formula is C13H18BF2NO2. The molecule has 104 valence electrons. The van der Waals surface area contributed by atoms with E-state index in [2.05, 4.69) is 4.98 Å². The number of halogens is 2. The first-order valence-corrected chi connectivity index (χ1v) is 6.30. The molecule has 0 saturated carbocycles. The van der Waals surface area contributed by atoms with Crippen LogP contribution in [-0.4, -0.2) is 29.7 Å². The highest BCUT2D eigenvalue weighted by Gasteiger charge is 2.51. The van der Waals surface area contributed by atoms with Gasteiger partial charge in [-0.25, -0.2) is 8.78 Å². The van der Waals surface area contributed by atoms with Crippen LogP contribution in [-0.2, 0) is 15.7 Å². The molecule has 1 fully saturated rings. The van der Waals surface area contributed by atoms with Crippen molar-refractivity contribution in [1.82, 2.24) is 4.98 Å². The minimum Gasteiger partial charge on any atom is -0.399 e. The van der Waals surface area contributed by atoms with Gasteiger partial charge < -0.3 is 9.31 Å². The quantitative estimate of drug-likeness (QED) is 0.788. The molecular weight excluding hydrogens is 251 g/mol. The van der Waals surface area contributed by atoms with Crippen molar-refractivity contribution in [2.75, 3.05) is 0 Å². The van der Waals surface area contributed by atoms with Crippen LogP contribution < -0.4 is 5.46 Å². The van der Waals surface area contributed by atoms with Crippen molar-refractivity contribution in [2.45, 2.75) is 51.7 Å². The lowest BCUT2D eigenvalue weighted by molar-refractivity contribution is 0.00578. The maximum atomic E-state index is 12.4. The summed E-state index contributed by atoms with van der Waals surface area (Å²) in [5, 5.41) is 0. The van der Waals surface area contributed by atoms with Gasteiger partial charge in [0.25, 0.3) is 0 Å². The molecule has 1 saturated heterocycles. The van der Waals surface area contributed by atoms with E-state index in [0.29, 0.717) is 5.69 Å². The van der Waals surface area contributed by atoms with Crippen molar-refractivity contribution >= 4 is 12.6 Å². The van der Waals surface area contributed by atoms with Crippen LogP contribution in [0.15, 0.2) is 18.3 Å². The number of hydrogen-bond acceptors (Lipinski definition) is 3. The van der Waals surface area contributed by atoms with Crippen LogP contribution in [0.2, 0.25) is 0 Å². The van der Waals surface area contributed by atoms with Crippen molar-refractivity contribution in [1.29, 1.82) is 0 Å². The predicted octanol–water partition coefficient (Wildman–Crippen LogP) is 2.19. The van der Waals surface area contributed by atoms with Crippen LogP contribution in [0.4, 0.5) is 8.78 Å². The highest BCUT2D eigenvalue weighted by atomic mass is 19.3. The summed E-state index contributed by atoms with van der Waals surface area (Å²) in [4.78, 5) is 3.93. The van der Waals surface area contributed by atoms with Crippen LogP contribution >= 0.6 is 0 Å². The van der Waals surface area contributed by atoms with Gasteiger partial charge in [0.2, 0.25) is 6.43 Å². The lowest BCUT2D eigenvalue weighted by Crippen LogP contribution is -2.41. The van der Waals surface area contributed by atoms with Crippen molar-refractivity contribution in [2.24, 2.45) is 0 Å². The minimum absolute atomic E-state index is 0.349. The van der Waals surface area contributed by atoms with E-state index in [1.807, 2.05) is 27.7 Å². The van der Waals surface area contributed by atoms with Gasteiger partial charge in [-0.2, -0.15) is 0 Å². The summed E-state index contributed by atoms with van der Waals surface area (Å²) in [5.74, 6) is 0. The van der Waals surface area contributed by atoms with E-state index in [-0.39, 0.29) is 6.42 Å². The average molecular weight is 269 g/mol. The van der Waals surface area contributed by atoms with Gasteiger partial charge in [0, 0.05) is 11.9 Å². The van der Waals surface area contributed by atoms with Crippen LogP contribution in [0.3, 0.4) is 0 Å². The maximum absolute atomic E-state index is 12.4. The van der Waals surface area contributed by atoms with Crippen LogP contribution in [0.5, 0.6) is 0 Å². The molecule has 0 atom stereocenters. The molecule has 0 radical (unpaired) electrons. The summed E-state index contributed by atoms with van der Waals surface area (Å²) < 4.78 is 36.5. The molecule has 0 bridgehead atoms. The van der Waals surface area contributed by atoms with Crippen LogP contribution in [0.1, 0.15) is 33.4 Å². The number of hydrogen-bond donors (Lipinski definition) is 0. The Hall–Kier alpha value is -1.01. The number of pyridine rings is 1. The van der Waals surface area contributed by atoms with Gasteiger partial charge >= 0.3 is 7.12 Å². The highest BCUT2D eigenvalue weighted by molar-refractivity contribution is 6.62. The fraction of sp³-hybridized carbons (Fsp3) is 0.615. The lowest BCUT2D eigenvalue weighted by Gasteiger charge is -2.32. The molecule has 3 nitrogen and oxygen atoms in total. The summed E-state index contributed by atoms with van der Waals surface area (Å²) in [7, 11) is -0.538. The van der Waals surface area contributed by atoms with Crippen LogP contribution in [0.25, 0.3) is 0 Å². The van der Waals surface area contributed by atoms with E-state index in [1.165, 1.54) is 6.20 Å². The van der Waals surface area contributed by atoms with Gasteiger partial charge in [-0.05, 0) is 45.3 Å². The van der Waals surface area contributed by atoms with Gasteiger partial charge in [0.15, 0.2) is 0 Å². The third kappa shape index (κ3) is 2.95. The standard InChI is InChI=1S/C13H18BF2NO2/c1-12(2)13(3,4)19-14(18-12)9-5-6-17-10(7-9)8-11(15)16/h5-7,11H,8H2,1-4H3. The zero-order valence-electron chi connectivity index (χ0n) is 11.6. The topological polar surface area (TPSA) is 31.4 Å². The van der Waals surface area contributed by atoms with Gasteiger partial charge in [-0.15, -0.1) is 0 Å². The zero-order valence-corrected chi connectivity index (χ0v) is 11.6. The molecule has 0 aliphatic carbocycles. The lowest BCUT2D eigenvalue weighted by atomic mass is 9.79. The van der Waals surface area contributed by atoms with Crippen molar-refractivity contribution in [3.63, 3.8) is 0 Å². The minimum atomic E-state index is -2.40. The van der Waals surface area contributed by atoms with E-state index in [1.54, 1.807) is 12.1 Å². The molecule has 1 aromatic heterocycles. The summed E-state index contributed by atoms with van der Waals surface area (Å²) in [5.41, 5.74) is 0.194. The Morgan fingerprint density at radius 3 is 2.32 bits per heavy atom. The van der Waals surface area contributed by atoms with Gasteiger partial charge in [-0.3, -0.25) is 4.98 Å².